The monoisotopic (exact) mass is 523 g/mol. The molecule has 38 heavy (non-hydrogen) atoms. The molecule has 3 aromatic rings. The number of hydrogen-bond acceptors (Lipinski definition) is 8. The van der Waals surface area contributed by atoms with Crippen molar-refractivity contribution in [3.63, 3.8) is 0 Å². The van der Waals surface area contributed by atoms with Crippen LogP contribution in [0.3, 0.4) is 0 Å². The maximum absolute atomic E-state index is 15.2. The Labute approximate surface area is 219 Å². The second-order valence-electron chi connectivity index (χ2n) is 9.74. The summed E-state index contributed by atoms with van der Waals surface area (Å²) in [5.74, 6) is 0.974. The van der Waals surface area contributed by atoms with Crippen molar-refractivity contribution in [1.29, 1.82) is 0 Å². The van der Waals surface area contributed by atoms with E-state index in [-0.39, 0.29) is 28.5 Å². The second kappa shape index (κ2) is 10.4. The van der Waals surface area contributed by atoms with Crippen LogP contribution in [0, 0.1) is 12.3 Å². The Hall–Kier alpha value is -3.99. The number of allylic oxidation sites excluding steroid dienone is 1. The van der Waals surface area contributed by atoms with Gasteiger partial charge in [-0.3, -0.25) is 4.79 Å². The molecule has 4 heterocycles. The number of ether oxygens (including phenoxy) is 4. The van der Waals surface area contributed by atoms with Gasteiger partial charge in [0.25, 0.3) is 0 Å². The number of carbonyl (C=O) groups is 1. The highest BCUT2D eigenvalue weighted by Gasteiger charge is 2.50. The number of aryl methyl sites for hydroxylation is 1. The fourth-order valence-electron chi connectivity index (χ4n) is 4.72. The van der Waals surface area contributed by atoms with Gasteiger partial charge in [-0.2, -0.15) is 0 Å². The number of aromatic nitrogens is 3. The first kappa shape index (κ1) is 25.7. The van der Waals surface area contributed by atoms with Gasteiger partial charge in [0.05, 0.1) is 48.8 Å². The lowest BCUT2D eigenvalue weighted by Crippen LogP contribution is -2.67. The molecule has 2 aliphatic heterocycles. The van der Waals surface area contributed by atoms with Crippen molar-refractivity contribution in [2.24, 2.45) is 10.4 Å². The van der Waals surface area contributed by atoms with Crippen LogP contribution >= 0.6 is 0 Å². The molecule has 0 bridgehead atoms. The zero-order chi connectivity index (χ0) is 26.9. The van der Waals surface area contributed by atoms with Gasteiger partial charge < -0.3 is 28.8 Å². The molecular weight excluding hydrogens is 493 g/mol. The Balaban J connectivity index is 1.26. The van der Waals surface area contributed by atoms with Crippen molar-refractivity contribution in [1.82, 2.24) is 19.9 Å². The lowest BCUT2D eigenvalue weighted by atomic mass is 9.78. The van der Waals surface area contributed by atoms with Crippen molar-refractivity contribution in [3.8, 4) is 17.4 Å². The third kappa shape index (κ3) is 4.93. The van der Waals surface area contributed by atoms with Gasteiger partial charge in [0.2, 0.25) is 11.8 Å². The smallest absolute Gasteiger partial charge is 0.230 e. The molecule has 0 radical (unpaired) electrons. The summed E-state index contributed by atoms with van der Waals surface area (Å²) >= 11 is 0. The van der Waals surface area contributed by atoms with Crippen molar-refractivity contribution in [2.75, 3.05) is 40.0 Å². The number of fused-ring (bicyclic) bond motifs is 1. The van der Waals surface area contributed by atoms with Crippen LogP contribution in [0.1, 0.15) is 31.0 Å². The molecule has 0 atom stereocenters. The van der Waals surface area contributed by atoms with Crippen molar-refractivity contribution < 1.29 is 28.1 Å². The van der Waals surface area contributed by atoms with Gasteiger partial charge in [-0.25, -0.2) is 19.4 Å². The molecule has 11 heteroatoms. The summed E-state index contributed by atoms with van der Waals surface area (Å²) in [7, 11) is 1.52. The number of aliphatic imine (C=N–C) groups is 1. The van der Waals surface area contributed by atoms with Crippen LogP contribution in [0.2, 0.25) is 0 Å². The number of nitrogens with one attached hydrogen (secondary N) is 1. The molecule has 2 fully saturated rings. The van der Waals surface area contributed by atoms with E-state index >= 15 is 4.39 Å². The Kier molecular flexibility index (Phi) is 7.02. The fraction of sp³-hybridized carbons (Fsp3) is 0.407. The quantitative estimate of drug-likeness (QED) is 0.239. The molecule has 2 saturated heterocycles. The Morgan fingerprint density at radius 2 is 2.05 bits per heavy atom. The van der Waals surface area contributed by atoms with E-state index in [9.17, 15) is 4.79 Å². The van der Waals surface area contributed by atoms with Gasteiger partial charge in [0.15, 0.2) is 17.3 Å². The van der Waals surface area contributed by atoms with Crippen LogP contribution in [0.25, 0.3) is 16.7 Å². The number of benzene rings is 1. The van der Waals surface area contributed by atoms with Crippen LogP contribution < -0.4 is 14.2 Å². The first-order valence-electron chi connectivity index (χ1n) is 12.3. The molecular formula is C27H30FN5O5. The summed E-state index contributed by atoms with van der Waals surface area (Å²) in [6.45, 7) is 10.2. The van der Waals surface area contributed by atoms with E-state index in [0.29, 0.717) is 47.7 Å². The fourth-order valence-corrected chi connectivity index (χ4v) is 4.72. The Morgan fingerprint density at radius 3 is 2.74 bits per heavy atom. The number of nitrogens with zero attached hydrogens (tertiary/aromatic N) is 4. The standard InChI is InChI=1S/C27H30FN5O5/c1-16-8-19(25(29-3)32-16)24(28)17(2)38-26-18-9-21(35-4)22(10-20(18)30-15-31-26)37-7-5-6-23(34)33-11-27(12-33)13-36-14-27/h8-10,15,32H,3,5-7,11-14H2,1-2,4H3/b24-17-. The van der Waals surface area contributed by atoms with E-state index in [4.69, 9.17) is 18.9 Å². The maximum Gasteiger partial charge on any atom is 0.230 e. The summed E-state index contributed by atoms with van der Waals surface area (Å²) in [4.78, 5) is 29.6. The van der Waals surface area contributed by atoms with Crippen LogP contribution in [-0.2, 0) is 9.53 Å². The predicted octanol–water partition coefficient (Wildman–Crippen LogP) is 4.36. The van der Waals surface area contributed by atoms with Crippen LogP contribution in [-0.4, -0.2) is 72.5 Å². The molecule has 0 saturated carbocycles. The average molecular weight is 524 g/mol. The number of amides is 1. The molecule has 0 unspecified atom stereocenters. The molecule has 200 valence electrons. The number of likely N-dealkylation sites (tertiary alicyclic amines) is 1. The molecule has 5 rings (SSSR count). The average Bonchev–Trinajstić information content (AvgIpc) is 3.24. The van der Waals surface area contributed by atoms with Gasteiger partial charge in [0.1, 0.15) is 17.9 Å². The van der Waals surface area contributed by atoms with E-state index < -0.39 is 5.83 Å². The second-order valence-corrected chi connectivity index (χ2v) is 9.74. The minimum Gasteiger partial charge on any atom is -0.493 e. The van der Waals surface area contributed by atoms with Gasteiger partial charge in [0, 0.05) is 31.3 Å². The van der Waals surface area contributed by atoms with E-state index in [1.54, 1.807) is 25.1 Å². The molecule has 0 aliphatic carbocycles. The van der Waals surface area contributed by atoms with Crippen LogP contribution in [0.15, 0.2) is 35.3 Å². The van der Waals surface area contributed by atoms with Gasteiger partial charge in [-0.15, -0.1) is 0 Å². The Bertz CT molecular complexity index is 1410. The maximum atomic E-state index is 15.2. The third-order valence-corrected chi connectivity index (χ3v) is 6.78. The summed E-state index contributed by atoms with van der Waals surface area (Å²) in [6.07, 6.45) is 2.32. The predicted molar refractivity (Wildman–Crippen MR) is 140 cm³/mol. The third-order valence-electron chi connectivity index (χ3n) is 6.78. The van der Waals surface area contributed by atoms with Crippen molar-refractivity contribution in [2.45, 2.75) is 26.7 Å². The van der Waals surface area contributed by atoms with Gasteiger partial charge in [-0.1, -0.05) is 0 Å². The lowest BCUT2D eigenvalue weighted by Gasteiger charge is -2.55. The SMILES string of the molecule is C=Nc1[nH]c(C)cc1/C(F)=C(\C)Oc1ncnc2cc(OCCCC(=O)N3CC4(COC4)C3)c(OC)cc12. The molecule has 10 nitrogen and oxygen atoms in total. The molecule has 2 aromatic heterocycles. The highest BCUT2D eigenvalue weighted by Crippen LogP contribution is 2.38. The number of H-pyrrole nitrogens is 1. The van der Waals surface area contributed by atoms with E-state index in [1.165, 1.54) is 20.4 Å². The molecule has 1 amide bonds. The normalized spacial score (nSPS) is 16.5. The Morgan fingerprint density at radius 1 is 1.26 bits per heavy atom. The van der Waals surface area contributed by atoms with Crippen LogP contribution in [0.5, 0.6) is 17.4 Å². The first-order valence-corrected chi connectivity index (χ1v) is 12.3. The number of methoxy groups -OCH3 is 1. The van der Waals surface area contributed by atoms with E-state index in [1.807, 2.05) is 4.90 Å². The zero-order valence-electron chi connectivity index (χ0n) is 21.7. The molecule has 1 aromatic carbocycles. The highest BCUT2D eigenvalue weighted by molar-refractivity contribution is 5.87. The summed E-state index contributed by atoms with van der Waals surface area (Å²) in [6, 6.07) is 5.03. The number of rotatable bonds is 10. The molecule has 1 spiro atoms. The number of hydrogen-bond donors (Lipinski definition) is 1. The zero-order valence-corrected chi connectivity index (χ0v) is 21.7. The van der Waals surface area contributed by atoms with E-state index in [0.717, 1.165) is 32.0 Å². The molecule has 1 N–H and O–H groups in total. The number of aromatic amines is 1. The molecule has 2 aliphatic rings. The van der Waals surface area contributed by atoms with Crippen molar-refractivity contribution in [3.05, 3.63) is 41.5 Å². The lowest BCUT2D eigenvalue weighted by molar-refractivity contribution is -0.195. The largest absolute Gasteiger partial charge is 0.493 e. The van der Waals surface area contributed by atoms with Crippen molar-refractivity contribution >= 4 is 35.2 Å². The van der Waals surface area contributed by atoms with Gasteiger partial charge >= 0.3 is 0 Å². The minimum atomic E-state index is -0.584. The minimum absolute atomic E-state index is 0.0100. The summed E-state index contributed by atoms with van der Waals surface area (Å²) in [5, 5.41) is 0.526. The first-order chi connectivity index (χ1) is 18.3. The van der Waals surface area contributed by atoms with Crippen LogP contribution in [0.4, 0.5) is 10.2 Å². The number of carbonyl (C=O) groups excluding carboxylic acids is 1. The number of halogens is 1. The topological polar surface area (TPSA) is 111 Å². The van der Waals surface area contributed by atoms with Gasteiger partial charge in [-0.05, 0) is 39.1 Å². The summed E-state index contributed by atoms with van der Waals surface area (Å²) < 4.78 is 37.7. The highest BCUT2D eigenvalue weighted by atomic mass is 19.1. The summed E-state index contributed by atoms with van der Waals surface area (Å²) in [5.41, 5.74) is 1.75. The van der Waals surface area contributed by atoms with E-state index in [2.05, 4.69) is 26.7 Å².